The van der Waals surface area contributed by atoms with E-state index in [1.165, 1.54) is 18.2 Å². The molecule has 0 fully saturated rings. The summed E-state index contributed by atoms with van der Waals surface area (Å²) in [7, 11) is 2.04. The van der Waals surface area contributed by atoms with Crippen molar-refractivity contribution in [3.05, 3.63) is 18.7 Å². The average molecular weight is 197 g/mol. The first kappa shape index (κ1) is 11.9. The molecule has 0 radical (unpaired) electrons. The second-order valence-corrected chi connectivity index (χ2v) is 2.94. The van der Waals surface area contributed by atoms with Crippen LogP contribution in [0, 0.1) is 10.7 Å². The average Bonchev–Trinajstić information content (AvgIpc) is 2.49. The first-order valence-electron chi connectivity index (χ1n) is 4.26. The minimum atomic E-state index is 1.15. The SMILES string of the molecule is CCCCn1cc[n+](C)c1.N#C[S-]. The lowest BCUT2D eigenvalue weighted by molar-refractivity contribution is -0.671. The Hall–Kier alpha value is -1.08. The van der Waals surface area contributed by atoms with Crippen molar-refractivity contribution in [2.75, 3.05) is 0 Å². The predicted molar refractivity (Wildman–Crippen MR) is 53.5 cm³/mol. The Morgan fingerprint density at radius 2 is 2.23 bits per heavy atom. The van der Waals surface area contributed by atoms with Crippen molar-refractivity contribution in [1.82, 2.24) is 4.57 Å². The van der Waals surface area contributed by atoms with Crippen LogP contribution >= 0.6 is 0 Å². The monoisotopic (exact) mass is 197 g/mol. The molecule has 1 aromatic rings. The predicted octanol–water partition coefficient (Wildman–Crippen LogP) is 1.13. The summed E-state index contributed by atoms with van der Waals surface area (Å²) in [6, 6.07) is 0. The van der Waals surface area contributed by atoms with E-state index in [2.05, 4.69) is 47.4 Å². The van der Waals surface area contributed by atoms with Crippen LogP contribution in [-0.4, -0.2) is 4.57 Å². The van der Waals surface area contributed by atoms with Crippen molar-refractivity contribution in [3.63, 3.8) is 0 Å². The van der Waals surface area contributed by atoms with Crippen molar-refractivity contribution in [2.45, 2.75) is 26.3 Å². The number of rotatable bonds is 3. The number of hydrogen-bond donors (Lipinski definition) is 0. The van der Waals surface area contributed by atoms with Gasteiger partial charge in [-0.2, -0.15) is 0 Å². The van der Waals surface area contributed by atoms with Gasteiger partial charge in [-0.15, -0.1) is 0 Å². The van der Waals surface area contributed by atoms with E-state index in [1.807, 2.05) is 7.05 Å². The van der Waals surface area contributed by atoms with Gasteiger partial charge < -0.3 is 12.6 Å². The number of nitriles is 1. The van der Waals surface area contributed by atoms with Crippen LogP contribution in [0.3, 0.4) is 0 Å². The van der Waals surface area contributed by atoms with Gasteiger partial charge in [-0.25, -0.2) is 14.4 Å². The molecule has 0 aliphatic carbocycles. The molecule has 13 heavy (non-hydrogen) atoms. The van der Waals surface area contributed by atoms with Gasteiger partial charge >= 0.3 is 0 Å². The summed E-state index contributed by atoms with van der Waals surface area (Å²) in [4.78, 5) is 0. The van der Waals surface area contributed by atoms with E-state index in [1.54, 1.807) is 0 Å². The van der Waals surface area contributed by atoms with Crippen LogP contribution in [0.4, 0.5) is 0 Å². The van der Waals surface area contributed by atoms with Crippen LogP contribution in [0.25, 0.3) is 0 Å². The fraction of sp³-hybridized carbons (Fsp3) is 0.556. The maximum absolute atomic E-state index is 7.13. The molecular weight excluding hydrogens is 182 g/mol. The Labute approximate surface area is 85.0 Å². The maximum atomic E-state index is 7.13. The number of hydrogen-bond acceptors (Lipinski definition) is 2. The lowest BCUT2D eigenvalue weighted by Crippen LogP contribution is -2.23. The smallest absolute Gasteiger partial charge is 0.243 e. The summed E-state index contributed by atoms with van der Waals surface area (Å²) < 4.78 is 4.28. The number of aryl methyl sites for hydroxylation is 2. The Bertz CT molecular complexity index is 262. The zero-order chi connectivity index (χ0) is 10.1. The Morgan fingerprint density at radius 3 is 2.62 bits per heavy atom. The number of unbranched alkanes of at least 4 members (excludes halogenated alkanes) is 1. The van der Waals surface area contributed by atoms with Crippen molar-refractivity contribution < 1.29 is 4.57 Å². The molecule has 0 saturated heterocycles. The summed E-state index contributed by atoms with van der Waals surface area (Å²) in [6.07, 6.45) is 8.82. The molecule has 0 bridgehead atoms. The highest BCUT2D eigenvalue weighted by atomic mass is 32.1. The van der Waals surface area contributed by atoms with Gasteiger partial charge in [-0.1, -0.05) is 18.7 Å². The number of nitrogens with zero attached hydrogens (tertiary/aromatic N) is 3. The fourth-order valence-electron chi connectivity index (χ4n) is 0.975. The molecule has 1 rings (SSSR count). The highest BCUT2D eigenvalue weighted by molar-refractivity contribution is 7.64. The van der Waals surface area contributed by atoms with Gasteiger partial charge in [0.2, 0.25) is 6.33 Å². The zero-order valence-electron chi connectivity index (χ0n) is 8.10. The van der Waals surface area contributed by atoms with Crippen LogP contribution in [-0.2, 0) is 26.2 Å². The molecule has 0 aliphatic heterocycles. The maximum Gasteiger partial charge on any atom is 0.243 e. The van der Waals surface area contributed by atoms with Gasteiger partial charge in [0.05, 0.1) is 13.6 Å². The molecule has 0 saturated carbocycles. The van der Waals surface area contributed by atoms with E-state index in [-0.39, 0.29) is 0 Å². The highest BCUT2D eigenvalue weighted by Crippen LogP contribution is 1.91. The quantitative estimate of drug-likeness (QED) is 0.413. The van der Waals surface area contributed by atoms with Gasteiger partial charge in [-0.05, 0) is 6.42 Å². The summed E-state index contributed by atoms with van der Waals surface area (Å²) >= 11 is 3.70. The molecule has 0 amide bonds. The van der Waals surface area contributed by atoms with Crippen LogP contribution in [0.1, 0.15) is 19.8 Å². The van der Waals surface area contributed by atoms with Crippen LogP contribution in [0.15, 0.2) is 18.7 Å². The molecule has 0 aromatic carbocycles. The van der Waals surface area contributed by atoms with Crippen molar-refractivity contribution in [3.8, 4) is 5.40 Å². The Balaban J connectivity index is 0.000000424. The second-order valence-electron chi connectivity index (χ2n) is 2.76. The molecule has 1 heterocycles. The largest absolute Gasteiger partial charge is 0.696 e. The van der Waals surface area contributed by atoms with E-state index in [9.17, 15) is 0 Å². The molecule has 0 unspecified atom stereocenters. The summed E-state index contributed by atoms with van der Waals surface area (Å²) in [5.41, 5.74) is 0. The number of thiocyanates is 1. The van der Waals surface area contributed by atoms with Crippen molar-refractivity contribution in [2.24, 2.45) is 7.05 Å². The van der Waals surface area contributed by atoms with E-state index in [0.29, 0.717) is 0 Å². The number of aromatic nitrogens is 2. The van der Waals surface area contributed by atoms with E-state index < -0.39 is 0 Å². The molecular formula is C9H15N3S. The third kappa shape index (κ3) is 6.12. The van der Waals surface area contributed by atoms with Crippen molar-refractivity contribution >= 4 is 12.6 Å². The summed E-state index contributed by atoms with van der Waals surface area (Å²) in [5.74, 6) is 0. The topological polar surface area (TPSA) is 32.6 Å². The molecule has 3 nitrogen and oxygen atoms in total. The minimum Gasteiger partial charge on any atom is -0.696 e. The van der Waals surface area contributed by atoms with Gasteiger partial charge in [0.1, 0.15) is 12.4 Å². The third-order valence-electron chi connectivity index (χ3n) is 1.59. The molecule has 0 atom stereocenters. The van der Waals surface area contributed by atoms with Gasteiger partial charge in [-0.3, -0.25) is 0 Å². The van der Waals surface area contributed by atoms with Crippen LogP contribution < -0.4 is 4.57 Å². The van der Waals surface area contributed by atoms with Crippen LogP contribution in [0.5, 0.6) is 0 Å². The molecule has 0 aliphatic rings. The Kier molecular flexibility index (Phi) is 6.93. The lowest BCUT2D eigenvalue weighted by atomic mass is 10.3. The van der Waals surface area contributed by atoms with Crippen LogP contribution in [0.2, 0.25) is 0 Å². The first-order chi connectivity index (χ1) is 6.24. The molecule has 72 valence electrons. The van der Waals surface area contributed by atoms with Gasteiger partial charge in [0.15, 0.2) is 0 Å². The molecule has 4 heteroatoms. The number of imidazole rings is 1. The molecule has 1 aromatic heterocycles. The van der Waals surface area contributed by atoms with E-state index in [4.69, 9.17) is 5.26 Å². The fourth-order valence-corrected chi connectivity index (χ4v) is 0.975. The normalized spacial score (nSPS) is 8.38. The minimum absolute atomic E-state index is 1.15. The summed E-state index contributed by atoms with van der Waals surface area (Å²) in [5, 5.41) is 8.47. The summed E-state index contributed by atoms with van der Waals surface area (Å²) in [6.45, 7) is 3.36. The van der Waals surface area contributed by atoms with E-state index >= 15 is 0 Å². The first-order valence-corrected chi connectivity index (χ1v) is 4.67. The second kappa shape index (κ2) is 7.56. The standard InChI is InChI=1S/C8H15N2.CHNS/c1-3-4-5-10-7-6-9(2)8-10;2-1-3/h6-8H,3-5H2,1-2H3;3H/q+1;/p-1. The Morgan fingerprint density at radius 1 is 1.62 bits per heavy atom. The molecule has 0 N–H and O–H groups in total. The van der Waals surface area contributed by atoms with Gasteiger partial charge in [0, 0.05) is 0 Å². The highest BCUT2D eigenvalue weighted by Gasteiger charge is 1.96. The van der Waals surface area contributed by atoms with Gasteiger partial charge in [0.25, 0.3) is 0 Å². The lowest BCUT2D eigenvalue weighted by Gasteiger charge is -1.90. The zero-order valence-corrected chi connectivity index (χ0v) is 8.92. The molecule has 0 spiro atoms. The van der Waals surface area contributed by atoms with Crippen molar-refractivity contribution in [1.29, 1.82) is 5.26 Å². The van der Waals surface area contributed by atoms with E-state index in [0.717, 1.165) is 6.54 Å². The third-order valence-corrected chi connectivity index (χ3v) is 1.59.